The summed E-state index contributed by atoms with van der Waals surface area (Å²) in [6, 6.07) is 0.116. The minimum atomic E-state index is -0.701. The summed E-state index contributed by atoms with van der Waals surface area (Å²) in [5.74, 6) is -0.792. The van der Waals surface area contributed by atoms with Crippen molar-refractivity contribution < 1.29 is 9.90 Å². The van der Waals surface area contributed by atoms with Gasteiger partial charge in [0.25, 0.3) is 0 Å². The number of rotatable bonds is 3. The molecular weight excluding hydrogens is 230 g/mol. The van der Waals surface area contributed by atoms with Gasteiger partial charge in [0.05, 0.1) is 23.3 Å². The zero-order chi connectivity index (χ0) is 13.3. The summed E-state index contributed by atoms with van der Waals surface area (Å²) in [6.07, 6.45) is 3.37. The Hall–Kier alpha value is -1.49. The third-order valence-corrected chi connectivity index (χ3v) is 3.82. The van der Waals surface area contributed by atoms with Gasteiger partial charge in [-0.25, -0.2) is 0 Å². The van der Waals surface area contributed by atoms with Gasteiger partial charge >= 0.3 is 5.97 Å². The first kappa shape index (κ1) is 13.0. The number of likely N-dealkylation sites (tertiary alicyclic amines) is 1. The maximum atomic E-state index is 11.1. The van der Waals surface area contributed by atoms with Crippen molar-refractivity contribution in [3.05, 3.63) is 23.8 Å². The number of aryl methyl sites for hydroxylation is 1. The highest BCUT2D eigenvalue weighted by Gasteiger charge is 2.37. The lowest BCUT2D eigenvalue weighted by molar-refractivity contribution is -0.142. The van der Waals surface area contributed by atoms with Crippen molar-refractivity contribution in [2.24, 2.45) is 11.8 Å². The molecule has 1 saturated heterocycles. The highest BCUT2D eigenvalue weighted by molar-refractivity contribution is 5.71. The quantitative estimate of drug-likeness (QED) is 0.879. The minimum Gasteiger partial charge on any atom is -0.481 e. The number of carboxylic acids is 1. The van der Waals surface area contributed by atoms with Crippen LogP contribution in [0.2, 0.25) is 0 Å². The number of carbonyl (C=O) groups is 1. The van der Waals surface area contributed by atoms with Gasteiger partial charge in [0.1, 0.15) is 0 Å². The summed E-state index contributed by atoms with van der Waals surface area (Å²) in [4.78, 5) is 21.9. The van der Waals surface area contributed by atoms with E-state index in [0.29, 0.717) is 6.54 Å². The maximum absolute atomic E-state index is 11.1. The second kappa shape index (κ2) is 5.02. The molecule has 1 aliphatic heterocycles. The van der Waals surface area contributed by atoms with Crippen molar-refractivity contribution in [2.75, 3.05) is 13.1 Å². The van der Waals surface area contributed by atoms with E-state index in [-0.39, 0.29) is 17.9 Å². The van der Waals surface area contributed by atoms with Crippen LogP contribution < -0.4 is 0 Å². The minimum absolute atomic E-state index is 0.116. The lowest BCUT2D eigenvalue weighted by atomic mass is 9.99. The molecule has 18 heavy (non-hydrogen) atoms. The molecule has 5 heteroatoms. The van der Waals surface area contributed by atoms with Crippen molar-refractivity contribution in [1.82, 2.24) is 14.9 Å². The fraction of sp³-hybridized carbons (Fsp3) is 0.615. The number of aromatic nitrogens is 2. The van der Waals surface area contributed by atoms with E-state index in [9.17, 15) is 4.79 Å². The van der Waals surface area contributed by atoms with Crippen LogP contribution in [-0.4, -0.2) is 39.0 Å². The van der Waals surface area contributed by atoms with Crippen LogP contribution in [0, 0.1) is 18.8 Å². The standard InChI is InChI=1S/C13H19N3O2/c1-8-6-16(7-11(8)13(17)18)10(3)12-9(2)14-4-5-15-12/h4-5,8,10-11H,6-7H2,1-3H3,(H,17,18)/t8-,10?,11-/m1/s1. The number of hydrogen-bond donors (Lipinski definition) is 1. The third-order valence-electron chi connectivity index (χ3n) is 3.82. The molecule has 1 N–H and O–H groups in total. The molecule has 1 aromatic heterocycles. The van der Waals surface area contributed by atoms with E-state index in [2.05, 4.69) is 21.8 Å². The second-order valence-electron chi connectivity index (χ2n) is 5.08. The van der Waals surface area contributed by atoms with Gasteiger partial charge < -0.3 is 5.11 Å². The van der Waals surface area contributed by atoms with Gasteiger partial charge in [-0.1, -0.05) is 6.92 Å². The normalized spacial score (nSPS) is 26.2. The van der Waals surface area contributed by atoms with Gasteiger partial charge in [-0.15, -0.1) is 0 Å². The summed E-state index contributed by atoms with van der Waals surface area (Å²) in [5.41, 5.74) is 1.85. The van der Waals surface area contributed by atoms with Crippen LogP contribution in [-0.2, 0) is 4.79 Å². The molecule has 1 aliphatic rings. The van der Waals surface area contributed by atoms with Crippen molar-refractivity contribution in [3.8, 4) is 0 Å². The molecule has 0 aromatic carbocycles. The zero-order valence-electron chi connectivity index (χ0n) is 11.0. The van der Waals surface area contributed by atoms with Crippen LogP contribution in [0.4, 0.5) is 0 Å². The molecule has 98 valence electrons. The van der Waals surface area contributed by atoms with Crippen molar-refractivity contribution in [1.29, 1.82) is 0 Å². The fourth-order valence-electron chi connectivity index (χ4n) is 2.64. The van der Waals surface area contributed by atoms with Crippen molar-refractivity contribution in [3.63, 3.8) is 0 Å². The van der Waals surface area contributed by atoms with Crippen LogP contribution >= 0.6 is 0 Å². The fourth-order valence-corrected chi connectivity index (χ4v) is 2.64. The highest BCUT2D eigenvalue weighted by atomic mass is 16.4. The van der Waals surface area contributed by atoms with Crippen LogP contribution in [0.3, 0.4) is 0 Å². The van der Waals surface area contributed by atoms with E-state index in [1.807, 2.05) is 13.8 Å². The predicted molar refractivity (Wildman–Crippen MR) is 67.0 cm³/mol. The van der Waals surface area contributed by atoms with Gasteiger partial charge in [-0.3, -0.25) is 19.7 Å². The Morgan fingerprint density at radius 1 is 1.44 bits per heavy atom. The third kappa shape index (κ3) is 2.36. The molecule has 0 radical (unpaired) electrons. The van der Waals surface area contributed by atoms with Crippen molar-refractivity contribution in [2.45, 2.75) is 26.8 Å². The maximum Gasteiger partial charge on any atom is 0.308 e. The van der Waals surface area contributed by atoms with E-state index in [4.69, 9.17) is 5.11 Å². The summed E-state index contributed by atoms with van der Waals surface area (Å²) < 4.78 is 0. The number of nitrogens with zero attached hydrogens (tertiary/aromatic N) is 3. The van der Waals surface area contributed by atoms with Gasteiger partial charge in [-0.2, -0.15) is 0 Å². The molecular formula is C13H19N3O2. The van der Waals surface area contributed by atoms with Gasteiger partial charge in [0, 0.05) is 25.5 Å². The Morgan fingerprint density at radius 3 is 2.67 bits per heavy atom. The molecule has 5 nitrogen and oxygen atoms in total. The Morgan fingerprint density at radius 2 is 2.11 bits per heavy atom. The monoisotopic (exact) mass is 249 g/mol. The number of hydrogen-bond acceptors (Lipinski definition) is 4. The van der Waals surface area contributed by atoms with Crippen LogP contribution in [0.15, 0.2) is 12.4 Å². The zero-order valence-corrected chi connectivity index (χ0v) is 11.0. The second-order valence-corrected chi connectivity index (χ2v) is 5.08. The topological polar surface area (TPSA) is 66.3 Å². The lowest BCUT2D eigenvalue weighted by Crippen LogP contribution is -2.27. The summed E-state index contributed by atoms with van der Waals surface area (Å²) >= 11 is 0. The van der Waals surface area contributed by atoms with Gasteiger partial charge in [0.15, 0.2) is 0 Å². The molecule has 0 amide bonds. The summed E-state index contributed by atoms with van der Waals surface area (Å²) in [5, 5.41) is 9.15. The summed E-state index contributed by atoms with van der Waals surface area (Å²) in [7, 11) is 0. The predicted octanol–water partition coefficient (Wildman–Crippen LogP) is 1.50. The van der Waals surface area contributed by atoms with Crippen LogP contribution in [0.25, 0.3) is 0 Å². The Labute approximate surface area is 107 Å². The highest BCUT2D eigenvalue weighted by Crippen LogP contribution is 2.30. The molecule has 2 rings (SSSR count). The van der Waals surface area contributed by atoms with Gasteiger partial charge in [-0.05, 0) is 19.8 Å². The lowest BCUT2D eigenvalue weighted by Gasteiger charge is -2.24. The van der Waals surface area contributed by atoms with Crippen LogP contribution in [0.5, 0.6) is 0 Å². The van der Waals surface area contributed by atoms with Gasteiger partial charge in [0.2, 0.25) is 0 Å². The molecule has 1 unspecified atom stereocenters. The van der Waals surface area contributed by atoms with E-state index in [0.717, 1.165) is 17.9 Å². The average molecular weight is 249 g/mol. The number of carboxylic acid groups (broad SMARTS) is 1. The Kier molecular flexibility index (Phi) is 3.61. The van der Waals surface area contributed by atoms with E-state index in [1.54, 1.807) is 12.4 Å². The molecule has 0 spiro atoms. The molecule has 3 atom stereocenters. The molecule has 0 aliphatic carbocycles. The van der Waals surface area contributed by atoms with E-state index in [1.165, 1.54) is 0 Å². The summed E-state index contributed by atoms with van der Waals surface area (Å²) in [6.45, 7) is 7.39. The smallest absolute Gasteiger partial charge is 0.308 e. The molecule has 1 aromatic rings. The average Bonchev–Trinajstić information content (AvgIpc) is 2.71. The SMILES string of the molecule is Cc1nccnc1C(C)N1C[C@@H](C)[C@H](C(=O)O)C1. The first-order chi connectivity index (χ1) is 8.50. The first-order valence-corrected chi connectivity index (χ1v) is 6.25. The number of aliphatic carboxylic acids is 1. The van der Waals surface area contributed by atoms with Crippen LogP contribution in [0.1, 0.15) is 31.3 Å². The molecule has 0 bridgehead atoms. The van der Waals surface area contributed by atoms with E-state index < -0.39 is 5.97 Å². The molecule has 2 heterocycles. The van der Waals surface area contributed by atoms with Crippen molar-refractivity contribution >= 4 is 5.97 Å². The molecule has 0 saturated carbocycles. The Bertz CT molecular complexity index is 450. The van der Waals surface area contributed by atoms with E-state index >= 15 is 0 Å². The largest absolute Gasteiger partial charge is 0.481 e. The first-order valence-electron chi connectivity index (χ1n) is 6.25. The Balaban J connectivity index is 2.14. The molecule has 1 fully saturated rings.